The van der Waals surface area contributed by atoms with Gasteiger partial charge in [0, 0.05) is 30.9 Å². The molecule has 1 heterocycles. The Hall–Kier alpha value is -4.13. The summed E-state index contributed by atoms with van der Waals surface area (Å²) in [4.78, 5) is 39.1. The Morgan fingerprint density at radius 2 is 1.64 bits per heavy atom. The summed E-state index contributed by atoms with van der Waals surface area (Å²) in [6.07, 6.45) is 0.177. The summed E-state index contributed by atoms with van der Waals surface area (Å²) in [5.41, 5.74) is 5.76. The molecule has 1 aliphatic rings. The number of nitrogens with zero attached hydrogens (tertiary/aromatic N) is 1. The average molecular weight is 486 g/mol. The van der Waals surface area contributed by atoms with Crippen molar-refractivity contribution >= 4 is 29.1 Å². The first-order valence-electron chi connectivity index (χ1n) is 12.0. The summed E-state index contributed by atoms with van der Waals surface area (Å²) < 4.78 is 5.61. The Balaban J connectivity index is 1.27. The van der Waals surface area contributed by atoms with E-state index in [2.05, 4.69) is 10.6 Å². The Morgan fingerprint density at radius 1 is 0.944 bits per heavy atom. The fourth-order valence-electron chi connectivity index (χ4n) is 4.18. The van der Waals surface area contributed by atoms with Gasteiger partial charge in [0.25, 0.3) is 5.91 Å². The number of nitrogens with one attached hydrogen (secondary N) is 2. The van der Waals surface area contributed by atoms with Gasteiger partial charge in [-0.3, -0.25) is 14.4 Å². The molecule has 3 aromatic rings. The van der Waals surface area contributed by atoms with Crippen molar-refractivity contribution in [3.05, 3.63) is 89.0 Å². The molecule has 7 heteroatoms. The normalized spacial score (nSPS) is 15.0. The van der Waals surface area contributed by atoms with E-state index in [1.54, 1.807) is 29.2 Å². The molecule has 0 aliphatic carbocycles. The molecule has 0 bridgehead atoms. The first-order valence-corrected chi connectivity index (χ1v) is 12.0. The fraction of sp³-hybridized carbons (Fsp3) is 0.276. The van der Waals surface area contributed by atoms with E-state index < -0.39 is 5.92 Å². The van der Waals surface area contributed by atoms with Gasteiger partial charge in [0.05, 0.1) is 5.92 Å². The van der Waals surface area contributed by atoms with Crippen molar-refractivity contribution in [3.8, 4) is 5.75 Å². The smallest absolute Gasteiger partial charge is 0.262 e. The molecular weight excluding hydrogens is 454 g/mol. The van der Waals surface area contributed by atoms with Crippen LogP contribution >= 0.6 is 0 Å². The summed E-state index contributed by atoms with van der Waals surface area (Å²) in [6.45, 7) is 6.61. The Bertz CT molecular complexity index is 1250. The number of carbonyl (C=O) groups is 3. The molecule has 1 fully saturated rings. The van der Waals surface area contributed by atoms with Gasteiger partial charge in [-0.2, -0.15) is 0 Å². The average Bonchev–Trinajstić information content (AvgIpc) is 3.26. The lowest BCUT2D eigenvalue weighted by Crippen LogP contribution is -2.32. The molecule has 7 nitrogen and oxygen atoms in total. The number of aryl methyl sites for hydroxylation is 3. The highest BCUT2D eigenvalue weighted by Crippen LogP contribution is 2.27. The highest BCUT2D eigenvalue weighted by molar-refractivity contribution is 6.00. The Kier molecular flexibility index (Phi) is 7.68. The molecule has 3 amide bonds. The van der Waals surface area contributed by atoms with Crippen LogP contribution in [0.2, 0.25) is 0 Å². The van der Waals surface area contributed by atoms with E-state index in [1.165, 1.54) is 5.56 Å². The molecule has 2 N–H and O–H groups in total. The first kappa shape index (κ1) is 25.0. The lowest BCUT2D eigenvalue weighted by atomic mass is 10.1. The number of carbonyl (C=O) groups excluding carboxylic acids is 3. The molecule has 186 valence electrons. The zero-order chi connectivity index (χ0) is 25.7. The van der Waals surface area contributed by atoms with Crippen LogP contribution < -0.4 is 20.3 Å². The van der Waals surface area contributed by atoms with E-state index in [4.69, 9.17) is 4.74 Å². The minimum absolute atomic E-state index is 0.0907. The number of ether oxygens (including phenoxy) is 1. The molecule has 36 heavy (non-hydrogen) atoms. The summed E-state index contributed by atoms with van der Waals surface area (Å²) >= 11 is 0. The molecule has 0 radical (unpaired) electrons. The van der Waals surface area contributed by atoms with Crippen molar-refractivity contribution in [1.82, 2.24) is 5.32 Å². The SMILES string of the molecule is Cc1ccc(CNC(=O)[C@H]2CC(=O)N(c3ccc(OCC(=O)Nc4ccc(C)cc4C)cc3)C2)cc1. The molecule has 4 rings (SSSR count). The van der Waals surface area contributed by atoms with Crippen molar-refractivity contribution in [2.24, 2.45) is 5.92 Å². The number of benzene rings is 3. The molecule has 1 atom stereocenters. The molecule has 0 saturated carbocycles. The van der Waals surface area contributed by atoms with Gasteiger partial charge in [-0.25, -0.2) is 0 Å². The highest BCUT2D eigenvalue weighted by atomic mass is 16.5. The standard InChI is InChI=1S/C29H31N3O4/c1-19-4-7-22(8-5-19)16-30-29(35)23-15-28(34)32(17-23)24-9-11-25(12-10-24)36-18-27(33)31-26-13-6-20(2)14-21(26)3/h4-14,23H,15-18H2,1-3H3,(H,30,35)(H,31,33)/t23-/m0/s1. The van der Waals surface area contributed by atoms with Crippen molar-refractivity contribution in [1.29, 1.82) is 0 Å². The van der Waals surface area contributed by atoms with E-state index in [0.29, 0.717) is 24.5 Å². The van der Waals surface area contributed by atoms with Crippen LogP contribution in [0.3, 0.4) is 0 Å². The van der Waals surface area contributed by atoms with Crippen molar-refractivity contribution in [2.45, 2.75) is 33.7 Å². The summed E-state index contributed by atoms with van der Waals surface area (Å²) in [7, 11) is 0. The van der Waals surface area contributed by atoms with Crippen LogP contribution in [0.4, 0.5) is 11.4 Å². The van der Waals surface area contributed by atoms with Crippen LogP contribution in [0.1, 0.15) is 28.7 Å². The molecule has 0 aromatic heterocycles. The van der Waals surface area contributed by atoms with E-state index in [-0.39, 0.29) is 30.7 Å². The highest BCUT2D eigenvalue weighted by Gasteiger charge is 2.35. The van der Waals surface area contributed by atoms with E-state index in [0.717, 1.165) is 22.4 Å². The third-order valence-electron chi connectivity index (χ3n) is 6.26. The van der Waals surface area contributed by atoms with Gasteiger partial charge in [-0.05, 0) is 62.2 Å². The van der Waals surface area contributed by atoms with Gasteiger partial charge in [0.2, 0.25) is 11.8 Å². The number of amides is 3. The first-order chi connectivity index (χ1) is 17.3. The third kappa shape index (κ3) is 6.30. The lowest BCUT2D eigenvalue weighted by Gasteiger charge is -2.17. The maximum atomic E-state index is 12.6. The van der Waals surface area contributed by atoms with Crippen LogP contribution in [0.15, 0.2) is 66.7 Å². The minimum atomic E-state index is -0.396. The number of hydrogen-bond acceptors (Lipinski definition) is 4. The van der Waals surface area contributed by atoms with Crippen LogP contribution in [0.25, 0.3) is 0 Å². The zero-order valence-electron chi connectivity index (χ0n) is 20.8. The van der Waals surface area contributed by atoms with Crippen LogP contribution in [0.5, 0.6) is 5.75 Å². The Labute approximate surface area is 211 Å². The second-order valence-electron chi connectivity index (χ2n) is 9.26. The topological polar surface area (TPSA) is 87.7 Å². The van der Waals surface area contributed by atoms with Crippen molar-refractivity contribution in [2.75, 3.05) is 23.4 Å². The summed E-state index contributed by atoms with van der Waals surface area (Å²) in [5.74, 6) is -0.338. The fourth-order valence-corrected chi connectivity index (χ4v) is 4.18. The second-order valence-corrected chi connectivity index (χ2v) is 9.26. The van der Waals surface area contributed by atoms with Gasteiger partial charge >= 0.3 is 0 Å². The molecule has 1 saturated heterocycles. The molecule has 3 aromatic carbocycles. The van der Waals surface area contributed by atoms with E-state index in [1.807, 2.05) is 63.2 Å². The predicted molar refractivity (Wildman–Crippen MR) is 140 cm³/mol. The quantitative estimate of drug-likeness (QED) is 0.498. The zero-order valence-corrected chi connectivity index (χ0v) is 20.8. The lowest BCUT2D eigenvalue weighted by molar-refractivity contribution is -0.126. The predicted octanol–water partition coefficient (Wildman–Crippen LogP) is 4.30. The molecule has 0 unspecified atom stereocenters. The Morgan fingerprint density at radius 3 is 2.33 bits per heavy atom. The summed E-state index contributed by atoms with van der Waals surface area (Å²) in [5, 5.41) is 5.79. The largest absolute Gasteiger partial charge is 0.484 e. The molecule has 1 aliphatic heterocycles. The van der Waals surface area contributed by atoms with Crippen LogP contribution in [-0.2, 0) is 20.9 Å². The van der Waals surface area contributed by atoms with E-state index in [9.17, 15) is 14.4 Å². The van der Waals surface area contributed by atoms with Crippen LogP contribution in [-0.4, -0.2) is 30.9 Å². The third-order valence-corrected chi connectivity index (χ3v) is 6.26. The van der Waals surface area contributed by atoms with Crippen molar-refractivity contribution in [3.63, 3.8) is 0 Å². The van der Waals surface area contributed by atoms with Gasteiger partial charge in [0.1, 0.15) is 5.75 Å². The molecular formula is C29H31N3O4. The van der Waals surface area contributed by atoms with Gasteiger partial charge in [0.15, 0.2) is 6.61 Å². The molecule has 0 spiro atoms. The van der Waals surface area contributed by atoms with Crippen LogP contribution in [0, 0.1) is 26.7 Å². The van der Waals surface area contributed by atoms with Gasteiger partial charge in [-0.1, -0.05) is 47.5 Å². The number of rotatable bonds is 8. The number of anilines is 2. The van der Waals surface area contributed by atoms with Crippen molar-refractivity contribution < 1.29 is 19.1 Å². The monoisotopic (exact) mass is 485 g/mol. The second kappa shape index (κ2) is 11.1. The maximum absolute atomic E-state index is 12.6. The maximum Gasteiger partial charge on any atom is 0.262 e. The minimum Gasteiger partial charge on any atom is -0.484 e. The summed E-state index contributed by atoms with van der Waals surface area (Å²) in [6, 6.07) is 20.8. The van der Waals surface area contributed by atoms with E-state index >= 15 is 0 Å². The van der Waals surface area contributed by atoms with Gasteiger partial charge < -0.3 is 20.3 Å². The van der Waals surface area contributed by atoms with Gasteiger partial charge in [-0.15, -0.1) is 0 Å². The number of hydrogen-bond donors (Lipinski definition) is 2.